The predicted octanol–water partition coefficient (Wildman–Crippen LogP) is -0.186. The summed E-state index contributed by atoms with van der Waals surface area (Å²) >= 11 is 0. The van der Waals surface area contributed by atoms with Gasteiger partial charge in [-0.2, -0.15) is 4.31 Å². The van der Waals surface area contributed by atoms with Crippen molar-refractivity contribution in [3.63, 3.8) is 0 Å². The molecular formula is C12H15N4O4S+. The number of nitrogens with zero attached hydrogens (tertiary/aromatic N) is 3. The van der Waals surface area contributed by atoms with Crippen LogP contribution in [0.5, 0.6) is 0 Å². The molecule has 1 saturated heterocycles. The Labute approximate surface area is 121 Å². The summed E-state index contributed by atoms with van der Waals surface area (Å²) in [6.45, 7) is 1.13. The van der Waals surface area contributed by atoms with Crippen molar-refractivity contribution < 1.29 is 17.7 Å². The molecule has 9 heteroatoms. The van der Waals surface area contributed by atoms with Gasteiger partial charge in [-0.25, -0.2) is 17.7 Å². The lowest BCUT2D eigenvalue weighted by Crippen LogP contribution is -2.38. The third-order valence-corrected chi connectivity index (χ3v) is 5.35. The molecule has 0 saturated carbocycles. The minimum Gasteiger partial charge on any atom is -0.239 e. The van der Waals surface area contributed by atoms with Crippen LogP contribution >= 0.6 is 0 Å². The summed E-state index contributed by atoms with van der Waals surface area (Å²) in [5.41, 5.74) is 0.512. The summed E-state index contributed by atoms with van der Waals surface area (Å²) in [7, 11) is -3.45. The SMILES string of the molecule is O=c1[nH][n+](-c2ccc(S(=O)(=O)N3CCCCC3)cc2)no1. The Morgan fingerprint density at radius 1 is 1.14 bits per heavy atom. The first-order chi connectivity index (χ1) is 10.1. The van der Waals surface area contributed by atoms with Crippen molar-refractivity contribution in [2.24, 2.45) is 0 Å². The van der Waals surface area contributed by atoms with Gasteiger partial charge in [0.1, 0.15) is 0 Å². The van der Waals surface area contributed by atoms with Crippen LogP contribution in [0.3, 0.4) is 0 Å². The molecule has 0 unspecified atom stereocenters. The fourth-order valence-corrected chi connectivity index (χ4v) is 3.85. The van der Waals surface area contributed by atoms with Gasteiger partial charge >= 0.3 is 5.76 Å². The van der Waals surface area contributed by atoms with Crippen molar-refractivity contribution in [3.05, 3.63) is 34.8 Å². The van der Waals surface area contributed by atoms with Crippen LogP contribution in [0.4, 0.5) is 0 Å². The molecule has 0 spiro atoms. The Morgan fingerprint density at radius 3 is 2.38 bits per heavy atom. The molecule has 0 bridgehead atoms. The maximum absolute atomic E-state index is 12.5. The average molecular weight is 311 g/mol. The van der Waals surface area contributed by atoms with E-state index in [1.165, 1.54) is 16.4 Å². The zero-order valence-electron chi connectivity index (χ0n) is 11.2. The van der Waals surface area contributed by atoms with Crippen LogP contribution in [0.25, 0.3) is 5.69 Å². The predicted molar refractivity (Wildman–Crippen MR) is 71.3 cm³/mol. The normalized spacial score (nSPS) is 17.0. The van der Waals surface area contributed by atoms with Crippen LogP contribution in [0.1, 0.15) is 19.3 Å². The van der Waals surface area contributed by atoms with Crippen molar-refractivity contribution in [2.75, 3.05) is 13.1 Å². The van der Waals surface area contributed by atoms with Crippen LogP contribution in [0.15, 0.2) is 38.5 Å². The molecule has 1 aliphatic rings. The number of rotatable bonds is 3. The molecule has 2 heterocycles. The molecule has 1 fully saturated rings. The van der Waals surface area contributed by atoms with E-state index in [4.69, 9.17) is 0 Å². The molecule has 2 aromatic rings. The monoisotopic (exact) mass is 311 g/mol. The molecule has 0 radical (unpaired) electrons. The van der Waals surface area contributed by atoms with Gasteiger partial charge in [0, 0.05) is 25.2 Å². The smallest absolute Gasteiger partial charge is 0.239 e. The summed E-state index contributed by atoms with van der Waals surface area (Å²) in [5.74, 6) is -0.681. The Hall–Kier alpha value is -2.00. The number of hydrogen-bond acceptors (Lipinski definition) is 5. The van der Waals surface area contributed by atoms with Crippen molar-refractivity contribution in [2.45, 2.75) is 24.2 Å². The number of nitrogens with one attached hydrogen (secondary N) is 1. The number of sulfonamides is 1. The highest BCUT2D eigenvalue weighted by atomic mass is 32.2. The van der Waals surface area contributed by atoms with Crippen LogP contribution in [0.2, 0.25) is 0 Å². The number of H-pyrrole nitrogens is 1. The first kappa shape index (κ1) is 14.0. The molecule has 0 amide bonds. The van der Waals surface area contributed by atoms with E-state index < -0.39 is 15.8 Å². The number of benzene rings is 1. The molecule has 0 aliphatic carbocycles. The highest BCUT2D eigenvalue weighted by Crippen LogP contribution is 2.20. The number of aromatic amines is 1. The quantitative estimate of drug-likeness (QED) is 0.792. The minimum atomic E-state index is -3.45. The highest BCUT2D eigenvalue weighted by molar-refractivity contribution is 7.89. The van der Waals surface area contributed by atoms with E-state index >= 15 is 0 Å². The summed E-state index contributed by atoms with van der Waals surface area (Å²) in [5, 5.41) is 5.82. The van der Waals surface area contributed by atoms with Crippen LogP contribution < -0.4 is 10.6 Å². The Balaban J connectivity index is 1.88. The number of hydrogen-bond donors (Lipinski definition) is 1. The number of aromatic nitrogens is 3. The Kier molecular flexibility index (Phi) is 3.60. The van der Waals surface area contributed by atoms with Crippen molar-refractivity contribution in [3.8, 4) is 5.69 Å². The van der Waals surface area contributed by atoms with E-state index in [-0.39, 0.29) is 4.90 Å². The second kappa shape index (κ2) is 5.41. The third kappa shape index (κ3) is 2.74. The van der Waals surface area contributed by atoms with Crippen molar-refractivity contribution >= 4 is 10.0 Å². The second-order valence-electron chi connectivity index (χ2n) is 4.84. The molecule has 1 N–H and O–H groups in total. The van der Waals surface area contributed by atoms with Gasteiger partial charge in [-0.3, -0.25) is 0 Å². The molecule has 1 aromatic carbocycles. The lowest BCUT2D eigenvalue weighted by Gasteiger charge is -2.25. The lowest BCUT2D eigenvalue weighted by molar-refractivity contribution is -0.725. The lowest BCUT2D eigenvalue weighted by atomic mass is 10.2. The molecule has 3 rings (SSSR count). The zero-order valence-corrected chi connectivity index (χ0v) is 12.0. The minimum absolute atomic E-state index is 0.236. The fourth-order valence-electron chi connectivity index (χ4n) is 2.33. The maximum atomic E-state index is 12.5. The van der Waals surface area contributed by atoms with E-state index in [2.05, 4.69) is 14.9 Å². The maximum Gasteiger partial charge on any atom is 0.493 e. The van der Waals surface area contributed by atoms with E-state index in [0.29, 0.717) is 18.8 Å². The zero-order chi connectivity index (χ0) is 14.9. The standard InChI is InChI=1S/C12H14N4O4S/c17-12-13-16(14-20-12)10-4-6-11(7-5-10)21(18,19)15-8-2-1-3-9-15/h4-7H,1-3,8-9H2/p+1. The van der Waals surface area contributed by atoms with E-state index in [0.717, 1.165) is 24.1 Å². The molecule has 112 valence electrons. The summed E-state index contributed by atoms with van der Waals surface area (Å²) < 4.78 is 30.8. The van der Waals surface area contributed by atoms with Crippen LogP contribution in [0, 0.1) is 0 Å². The first-order valence-corrected chi connectivity index (χ1v) is 8.10. The summed E-state index contributed by atoms with van der Waals surface area (Å²) in [6, 6.07) is 6.13. The highest BCUT2D eigenvalue weighted by Gasteiger charge is 2.26. The van der Waals surface area contributed by atoms with E-state index in [1.54, 1.807) is 12.1 Å². The average Bonchev–Trinajstić information content (AvgIpc) is 2.95. The fraction of sp³-hybridized carbons (Fsp3) is 0.417. The van der Waals surface area contributed by atoms with E-state index in [9.17, 15) is 13.2 Å². The molecule has 1 aliphatic heterocycles. The molecule has 8 nitrogen and oxygen atoms in total. The molecule has 21 heavy (non-hydrogen) atoms. The first-order valence-electron chi connectivity index (χ1n) is 6.66. The van der Waals surface area contributed by atoms with Crippen LogP contribution in [-0.2, 0) is 10.0 Å². The van der Waals surface area contributed by atoms with Gasteiger partial charge < -0.3 is 0 Å². The molecule has 0 atom stereocenters. The summed E-state index contributed by atoms with van der Waals surface area (Å²) in [4.78, 5) is 12.3. The van der Waals surface area contributed by atoms with Gasteiger partial charge in [0.05, 0.1) is 9.69 Å². The van der Waals surface area contributed by atoms with Gasteiger partial charge in [-0.15, -0.1) is 0 Å². The van der Waals surface area contributed by atoms with Crippen LogP contribution in [-0.4, -0.2) is 36.2 Å². The summed E-state index contributed by atoms with van der Waals surface area (Å²) in [6.07, 6.45) is 2.86. The Bertz CT molecular complexity index is 772. The van der Waals surface area contributed by atoms with E-state index in [1.807, 2.05) is 0 Å². The molecular weight excluding hydrogens is 296 g/mol. The van der Waals surface area contributed by atoms with Gasteiger partial charge in [0.2, 0.25) is 15.3 Å². The molecule has 1 aromatic heterocycles. The third-order valence-electron chi connectivity index (χ3n) is 3.44. The number of piperidine rings is 1. The van der Waals surface area contributed by atoms with Gasteiger partial charge in [0.15, 0.2) is 0 Å². The van der Waals surface area contributed by atoms with Gasteiger partial charge in [-0.1, -0.05) is 11.5 Å². The van der Waals surface area contributed by atoms with Crippen molar-refractivity contribution in [1.29, 1.82) is 0 Å². The largest absolute Gasteiger partial charge is 0.493 e. The Morgan fingerprint density at radius 2 is 1.81 bits per heavy atom. The second-order valence-corrected chi connectivity index (χ2v) is 6.78. The topological polar surface area (TPSA) is 100 Å². The van der Waals surface area contributed by atoms with Gasteiger partial charge in [-0.05, 0) is 25.0 Å². The van der Waals surface area contributed by atoms with Crippen molar-refractivity contribution in [1.82, 2.24) is 14.7 Å². The van der Waals surface area contributed by atoms with Gasteiger partial charge in [0.25, 0.3) is 5.69 Å².